The molecule has 0 aliphatic rings. The number of fused-ring (bicyclic) bond motifs is 1. The van der Waals surface area contributed by atoms with Gasteiger partial charge in [-0.05, 0) is 40.8 Å². The van der Waals surface area contributed by atoms with Crippen LogP contribution in [0.5, 0.6) is 0 Å². The smallest absolute Gasteiger partial charge is 0.0178 e. The van der Waals surface area contributed by atoms with E-state index in [2.05, 4.69) is 43.3 Å². The molecular formula is C21H31N. The summed E-state index contributed by atoms with van der Waals surface area (Å²) in [4.78, 5) is 0. The highest BCUT2D eigenvalue weighted by Gasteiger charge is 2.03. The van der Waals surface area contributed by atoms with Gasteiger partial charge in [-0.25, -0.2) is 0 Å². The van der Waals surface area contributed by atoms with Crippen LogP contribution >= 0.6 is 0 Å². The predicted octanol–water partition coefficient (Wildman–Crippen LogP) is 5.98. The van der Waals surface area contributed by atoms with Crippen LogP contribution < -0.4 is 5.73 Å². The average molecular weight is 297 g/mol. The van der Waals surface area contributed by atoms with E-state index < -0.39 is 0 Å². The van der Waals surface area contributed by atoms with Gasteiger partial charge in [0.05, 0.1) is 0 Å². The number of hydrogen-bond donors (Lipinski definition) is 1. The molecule has 0 saturated heterocycles. The van der Waals surface area contributed by atoms with Crippen molar-refractivity contribution in [2.45, 2.75) is 71.3 Å². The molecule has 0 fully saturated rings. The molecule has 0 aliphatic heterocycles. The minimum Gasteiger partial charge on any atom is -0.326 e. The van der Waals surface area contributed by atoms with Crippen molar-refractivity contribution in [1.82, 2.24) is 0 Å². The van der Waals surface area contributed by atoms with Crippen LogP contribution in [0, 0.1) is 0 Å². The molecule has 0 bridgehead atoms. The van der Waals surface area contributed by atoms with Gasteiger partial charge in [-0.1, -0.05) is 82.2 Å². The van der Waals surface area contributed by atoms with Gasteiger partial charge in [0.1, 0.15) is 0 Å². The Morgan fingerprint density at radius 3 is 2.23 bits per heavy atom. The Morgan fingerprint density at radius 2 is 1.50 bits per heavy atom. The van der Waals surface area contributed by atoms with Gasteiger partial charge in [-0.3, -0.25) is 0 Å². The lowest BCUT2D eigenvalue weighted by molar-refractivity contribution is 0.576. The van der Waals surface area contributed by atoms with Crippen molar-refractivity contribution in [2.75, 3.05) is 0 Å². The highest BCUT2D eigenvalue weighted by atomic mass is 14.5. The van der Waals surface area contributed by atoms with Gasteiger partial charge in [0.15, 0.2) is 0 Å². The summed E-state index contributed by atoms with van der Waals surface area (Å²) in [6.07, 6.45) is 12.2. The summed E-state index contributed by atoms with van der Waals surface area (Å²) >= 11 is 0. The van der Waals surface area contributed by atoms with Gasteiger partial charge in [0, 0.05) is 6.54 Å². The molecule has 0 aliphatic carbocycles. The number of hydrogen-bond acceptors (Lipinski definition) is 1. The summed E-state index contributed by atoms with van der Waals surface area (Å²) < 4.78 is 0. The number of benzene rings is 2. The minimum absolute atomic E-state index is 0.634. The van der Waals surface area contributed by atoms with Gasteiger partial charge < -0.3 is 5.73 Å². The van der Waals surface area contributed by atoms with Gasteiger partial charge in [0.25, 0.3) is 0 Å². The number of nitrogens with two attached hydrogens (primary N) is 1. The molecule has 1 heteroatoms. The lowest BCUT2D eigenvalue weighted by Crippen LogP contribution is -1.98. The van der Waals surface area contributed by atoms with Gasteiger partial charge >= 0.3 is 0 Å². The Hall–Kier alpha value is -1.34. The average Bonchev–Trinajstić information content (AvgIpc) is 2.56. The van der Waals surface area contributed by atoms with Gasteiger partial charge in [0.2, 0.25) is 0 Å². The molecule has 0 spiro atoms. The maximum absolute atomic E-state index is 5.84. The first-order chi connectivity index (χ1) is 10.8. The van der Waals surface area contributed by atoms with Crippen molar-refractivity contribution < 1.29 is 0 Å². The molecule has 0 saturated carbocycles. The third-order valence-corrected chi connectivity index (χ3v) is 4.54. The van der Waals surface area contributed by atoms with Gasteiger partial charge in [-0.15, -0.1) is 0 Å². The quantitative estimate of drug-likeness (QED) is 0.536. The molecule has 2 aromatic rings. The normalized spacial score (nSPS) is 11.2. The Morgan fingerprint density at radius 1 is 0.818 bits per heavy atom. The molecule has 0 heterocycles. The van der Waals surface area contributed by atoms with E-state index in [0.29, 0.717) is 6.54 Å². The maximum atomic E-state index is 5.84. The Kier molecular flexibility index (Phi) is 7.45. The molecule has 120 valence electrons. The molecule has 0 amide bonds. The van der Waals surface area contributed by atoms with E-state index in [1.165, 1.54) is 79.7 Å². The van der Waals surface area contributed by atoms with Crippen LogP contribution in [0.1, 0.15) is 69.4 Å². The number of aryl methyl sites for hydroxylation is 1. The highest BCUT2D eigenvalue weighted by molar-refractivity contribution is 5.86. The lowest BCUT2D eigenvalue weighted by Gasteiger charge is -2.09. The monoisotopic (exact) mass is 297 g/mol. The number of unbranched alkanes of at least 4 members (excludes halogenated alkanes) is 7. The van der Waals surface area contributed by atoms with Crippen molar-refractivity contribution in [3.63, 3.8) is 0 Å². The van der Waals surface area contributed by atoms with E-state index in [1.807, 2.05) is 0 Å². The van der Waals surface area contributed by atoms with E-state index in [4.69, 9.17) is 5.73 Å². The van der Waals surface area contributed by atoms with Crippen molar-refractivity contribution in [1.29, 1.82) is 0 Å². The number of rotatable bonds is 10. The second-order valence-electron chi connectivity index (χ2n) is 6.41. The Labute approximate surface area is 135 Å². The molecule has 2 N–H and O–H groups in total. The summed E-state index contributed by atoms with van der Waals surface area (Å²) in [5.74, 6) is 0. The van der Waals surface area contributed by atoms with Gasteiger partial charge in [-0.2, -0.15) is 0 Å². The van der Waals surface area contributed by atoms with Crippen molar-refractivity contribution >= 4 is 10.8 Å². The van der Waals surface area contributed by atoms with E-state index in [9.17, 15) is 0 Å². The summed E-state index contributed by atoms with van der Waals surface area (Å²) in [7, 11) is 0. The fourth-order valence-corrected chi connectivity index (χ4v) is 3.23. The zero-order valence-corrected chi connectivity index (χ0v) is 14.1. The fourth-order valence-electron chi connectivity index (χ4n) is 3.23. The largest absolute Gasteiger partial charge is 0.326 e. The third-order valence-electron chi connectivity index (χ3n) is 4.54. The first-order valence-electron chi connectivity index (χ1n) is 9.05. The van der Waals surface area contributed by atoms with Crippen LogP contribution in [-0.2, 0) is 13.0 Å². The minimum atomic E-state index is 0.634. The molecular weight excluding hydrogens is 266 g/mol. The van der Waals surface area contributed by atoms with E-state index >= 15 is 0 Å². The van der Waals surface area contributed by atoms with Crippen molar-refractivity contribution in [3.8, 4) is 0 Å². The SMILES string of the molecule is CCCCCCCCCCc1cc(CN)cc2ccccc12. The van der Waals surface area contributed by atoms with Crippen molar-refractivity contribution in [2.24, 2.45) is 5.73 Å². The van der Waals surface area contributed by atoms with Crippen LogP contribution in [0.25, 0.3) is 10.8 Å². The molecule has 2 aromatic carbocycles. The summed E-state index contributed by atoms with van der Waals surface area (Å²) in [5, 5.41) is 2.74. The zero-order valence-electron chi connectivity index (χ0n) is 14.1. The predicted molar refractivity (Wildman–Crippen MR) is 98.2 cm³/mol. The second kappa shape index (κ2) is 9.63. The topological polar surface area (TPSA) is 26.0 Å². The van der Waals surface area contributed by atoms with E-state index in [-0.39, 0.29) is 0 Å². The van der Waals surface area contributed by atoms with Crippen LogP contribution in [0.15, 0.2) is 36.4 Å². The third kappa shape index (κ3) is 5.14. The molecule has 0 unspecified atom stereocenters. The summed E-state index contributed by atoms with van der Waals surface area (Å²) in [6.45, 7) is 2.91. The van der Waals surface area contributed by atoms with Crippen LogP contribution in [0.3, 0.4) is 0 Å². The Bertz CT molecular complexity index is 559. The first-order valence-corrected chi connectivity index (χ1v) is 9.05. The summed E-state index contributed by atoms with van der Waals surface area (Å²) in [6, 6.07) is 13.2. The molecule has 0 aromatic heterocycles. The maximum Gasteiger partial charge on any atom is 0.0178 e. The molecule has 0 atom stereocenters. The van der Waals surface area contributed by atoms with Crippen molar-refractivity contribution in [3.05, 3.63) is 47.5 Å². The van der Waals surface area contributed by atoms with E-state index in [0.717, 1.165) is 0 Å². The van der Waals surface area contributed by atoms with Crippen LogP contribution in [-0.4, -0.2) is 0 Å². The zero-order chi connectivity index (χ0) is 15.6. The van der Waals surface area contributed by atoms with E-state index in [1.54, 1.807) is 0 Å². The fraction of sp³-hybridized carbons (Fsp3) is 0.524. The molecule has 22 heavy (non-hydrogen) atoms. The first kappa shape index (κ1) is 17.0. The van der Waals surface area contributed by atoms with Crippen LogP contribution in [0.4, 0.5) is 0 Å². The standard InChI is InChI=1S/C21H31N/c1-2-3-4-5-6-7-8-9-12-19-15-18(17-22)16-20-13-10-11-14-21(19)20/h10-11,13-16H,2-9,12,17,22H2,1H3. The highest BCUT2D eigenvalue weighted by Crippen LogP contribution is 2.23. The molecule has 2 rings (SSSR count). The second-order valence-corrected chi connectivity index (χ2v) is 6.41. The Balaban J connectivity index is 1.83. The summed E-state index contributed by atoms with van der Waals surface area (Å²) in [5.41, 5.74) is 8.58. The van der Waals surface area contributed by atoms with Crippen LogP contribution in [0.2, 0.25) is 0 Å². The molecule has 1 nitrogen and oxygen atoms in total. The lowest BCUT2D eigenvalue weighted by atomic mass is 9.96. The molecule has 0 radical (unpaired) electrons.